The number of hydrogen-bond acceptors (Lipinski definition) is 14. The van der Waals surface area contributed by atoms with Crippen molar-refractivity contribution in [1.29, 1.82) is 0 Å². The Morgan fingerprint density at radius 1 is 1.04 bits per heavy atom. The van der Waals surface area contributed by atoms with Gasteiger partial charge in [-0.3, -0.25) is 19.8 Å². The highest BCUT2D eigenvalue weighted by molar-refractivity contribution is 7.90. The third-order valence-electron chi connectivity index (χ3n) is 14.8. The number of nitro groups is 1. The zero-order chi connectivity index (χ0) is 48.9. The number of likely N-dealkylation sites (tertiary alicyclic amines) is 1. The van der Waals surface area contributed by atoms with Crippen LogP contribution in [0, 0.1) is 27.3 Å². The van der Waals surface area contributed by atoms with Gasteiger partial charge in [-0.25, -0.2) is 22.5 Å². The van der Waals surface area contributed by atoms with Crippen LogP contribution in [-0.4, -0.2) is 100 Å². The number of benzene rings is 2. The van der Waals surface area contributed by atoms with E-state index in [9.17, 15) is 37.9 Å². The third kappa shape index (κ3) is 10.1. The molecule has 2 aliphatic heterocycles. The summed E-state index contributed by atoms with van der Waals surface area (Å²) in [5.74, 6) is -1.35. The molecule has 9 rings (SSSR count). The topological polar surface area (TPSA) is 225 Å². The predicted molar refractivity (Wildman–Crippen MR) is 258 cm³/mol. The van der Waals surface area contributed by atoms with E-state index in [2.05, 4.69) is 42.2 Å². The number of sulfonamides is 1. The van der Waals surface area contributed by atoms with Crippen LogP contribution >= 0.6 is 0 Å². The monoisotopic (exact) mass is 968 g/mol. The Labute approximate surface area is 401 Å². The number of rotatable bonds is 15. The van der Waals surface area contributed by atoms with Gasteiger partial charge in [-0.1, -0.05) is 30.7 Å². The number of nitrogens with one attached hydrogen (secondary N) is 3. The number of amides is 1. The molecule has 19 heteroatoms. The first-order valence-electron chi connectivity index (χ1n) is 23.9. The fraction of sp³-hybridized carbons (Fsp3) is 0.500. The summed E-state index contributed by atoms with van der Waals surface area (Å²) in [4.78, 5) is 41.1. The largest absolute Gasteiger partial charge is 0.475 e. The Balaban J connectivity index is 0.934. The Hall–Kier alpha value is -5.89. The lowest BCUT2D eigenvalue weighted by Gasteiger charge is -2.57. The lowest BCUT2D eigenvalue weighted by atomic mass is 9.70. The van der Waals surface area contributed by atoms with E-state index in [1.165, 1.54) is 17.7 Å². The fourth-order valence-corrected chi connectivity index (χ4v) is 11.9. The summed E-state index contributed by atoms with van der Waals surface area (Å²) in [6.07, 6.45) is 9.92. The molecule has 69 heavy (non-hydrogen) atoms. The Morgan fingerprint density at radius 2 is 1.78 bits per heavy atom. The number of pyridine rings is 2. The van der Waals surface area contributed by atoms with Crippen LogP contribution in [0.3, 0.4) is 0 Å². The minimum absolute atomic E-state index is 0.0130. The van der Waals surface area contributed by atoms with Gasteiger partial charge in [0.05, 0.1) is 39.9 Å². The second-order valence-electron chi connectivity index (χ2n) is 20.2. The maximum atomic E-state index is 14.9. The van der Waals surface area contributed by atoms with Gasteiger partial charge < -0.3 is 34.9 Å². The molecule has 2 aliphatic carbocycles. The molecule has 1 spiro atoms. The van der Waals surface area contributed by atoms with Crippen LogP contribution in [0.1, 0.15) is 113 Å². The number of halogens is 1. The molecule has 5 N–H and O–H groups in total. The van der Waals surface area contributed by atoms with Gasteiger partial charge in [-0.05, 0) is 120 Å². The highest BCUT2D eigenvalue weighted by atomic mass is 32.2. The highest BCUT2D eigenvalue weighted by Gasteiger charge is 2.50. The number of aromatic amines is 1. The zero-order valence-electron chi connectivity index (χ0n) is 39.5. The van der Waals surface area contributed by atoms with E-state index in [0.29, 0.717) is 57.3 Å². The van der Waals surface area contributed by atoms with Gasteiger partial charge in [0.25, 0.3) is 21.8 Å². The molecule has 5 aromatic rings. The second kappa shape index (κ2) is 18.8. The van der Waals surface area contributed by atoms with Crippen molar-refractivity contribution in [2.24, 2.45) is 11.3 Å². The normalized spacial score (nSPS) is 22.9. The summed E-state index contributed by atoms with van der Waals surface area (Å²) in [6, 6.07) is 15.8. The van der Waals surface area contributed by atoms with E-state index < -0.39 is 48.5 Å². The van der Waals surface area contributed by atoms with Gasteiger partial charge in [-0.15, -0.1) is 0 Å². The van der Waals surface area contributed by atoms with E-state index in [-0.39, 0.29) is 57.7 Å². The number of fused-ring (bicyclic) bond motifs is 1. The summed E-state index contributed by atoms with van der Waals surface area (Å²) in [5.41, 5.74) is 0.867. The van der Waals surface area contributed by atoms with Crippen molar-refractivity contribution in [3.05, 3.63) is 99.6 Å². The van der Waals surface area contributed by atoms with Gasteiger partial charge in [0.1, 0.15) is 22.1 Å². The number of aromatic nitrogens is 3. The van der Waals surface area contributed by atoms with E-state index >= 15 is 0 Å². The minimum Gasteiger partial charge on any atom is -0.475 e. The van der Waals surface area contributed by atoms with E-state index in [1.807, 2.05) is 30.7 Å². The molecule has 1 amide bonds. The summed E-state index contributed by atoms with van der Waals surface area (Å²) < 4.78 is 56.7. The number of anilines is 2. The van der Waals surface area contributed by atoms with Crippen molar-refractivity contribution in [2.75, 3.05) is 49.5 Å². The number of aliphatic hydroxyl groups is 2. The van der Waals surface area contributed by atoms with Gasteiger partial charge in [0, 0.05) is 68.8 Å². The lowest BCUT2D eigenvalue weighted by Crippen LogP contribution is -2.63. The van der Waals surface area contributed by atoms with Crippen molar-refractivity contribution in [1.82, 2.24) is 24.6 Å². The molecular weight excluding hydrogens is 908 g/mol. The molecule has 5 heterocycles. The SMILES string of the molecule is CCOc1nc2[nH]cc(F)c2cc1Oc1cc(N2CCC3(CC2)CN([C@H]2CCC[C@H]2c2ccccc2C(C)(C)O)C3)ccc1C(=O)NS(=O)(=O)c1cnc(NCC2CCC(C)(O)CC2)c([N+](=O)[O-])c1. The van der Waals surface area contributed by atoms with Crippen LogP contribution in [0.2, 0.25) is 0 Å². The molecule has 2 aromatic carbocycles. The van der Waals surface area contributed by atoms with E-state index in [1.54, 1.807) is 26.0 Å². The average molecular weight is 969 g/mol. The van der Waals surface area contributed by atoms with Crippen LogP contribution in [0.4, 0.5) is 21.6 Å². The number of H-pyrrole nitrogens is 1. The quantitative estimate of drug-likeness (QED) is 0.0494. The summed E-state index contributed by atoms with van der Waals surface area (Å²) in [5, 5.41) is 36.6. The van der Waals surface area contributed by atoms with Crippen LogP contribution in [-0.2, 0) is 15.6 Å². The molecule has 4 fully saturated rings. The first-order chi connectivity index (χ1) is 32.8. The average Bonchev–Trinajstić information content (AvgIpc) is 3.93. The smallest absolute Gasteiger partial charge is 0.312 e. The van der Waals surface area contributed by atoms with Gasteiger partial charge >= 0.3 is 5.69 Å². The summed E-state index contributed by atoms with van der Waals surface area (Å²) in [7, 11) is -4.74. The maximum absolute atomic E-state index is 14.9. The molecule has 0 radical (unpaired) electrons. The number of ether oxygens (including phenoxy) is 2. The fourth-order valence-electron chi connectivity index (χ4n) is 11.0. The predicted octanol–water partition coefficient (Wildman–Crippen LogP) is 8.13. The standard InChI is InChI=1S/C50H61FN8O9S/c1-5-67-47-43(25-37-39(51)28-54-44(37)55-47)68-42-23-32(57-21-19-50(20-22-57)29-58(30-50)40-12-8-10-35(40)34-9-6-7-11-38(34)48(2,3)61)13-14-36(42)46(60)56-69(65,66)33-24-41(59(63)64)45(53-27-33)52-26-31-15-17-49(4,62)18-16-31/h6-7,9,11,13-14,23-25,27-28,31,35,40,61-62H,5,8,10,12,15-22,26,29-30H2,1-4H3,(H,52,53)(H,54,55)(H,56,60)/t31?,35-,40-,49?/m0/s1. The van der Waals surface area contributed by atoms with Crippen LogP contribution < -0.4 is 24.4 Å². The molecule has 0 unspecified atom stereocenters. The van der Waals surface area contributed by atoms with Crippen molar-refractivity contribution in [3.63, 3.8) is 0 Å². The molecule has 2 saturated carbocycles. The second-order valence-corrected chi connectivity index (χ2v) is 21.9. The molecule has 2 atom stereocenters. The number of piperidine rings is 1. The first kappa shape index (κ1) is 48.1. The number of carbonyl (C=O) groups is 1. The number of nitrogens with zero attached hydrogens (tertiary/aromatic N) is 5. The van der Waals surface area contributed by atoms with E-state index in [0.717, 1.165) is 74.9 Å². The van der Waals surface area contributed by atoms with Crippen molar-refractivity contribution in [3.8, 4) is 17.4 Å². The minimum atomic E-state index is -4.74. The van der Waals surface area contributed by atoms with Gasteiger partial charge in [0.15, 0.2) is 5.75 Å². The molecule has 0 bridgehead atoms. The number of carbonyl (C=O) groups excluding carboxylic acids is 1. The van der Waals surface area contributed by atoms with Crippen molar-refractivity contribution >= 4 is 44.2 Å². The van der Waals surface area contributed by atoms with Gasteiger partial charge in [-0.2, -0.15) is 4.98 Å². The van der Waals surface area contributed by atoms with Crippen LogP contribution in [0.25, 0.3) is 11.0 Å². The Bertz CT molecular complexity index is 2840. The zero-order valence-corrected chi connectivity index (χ0v) is 40.3. The highest BCUT2D eigenvalue weighted by Crippen LogP contribution is 2.49. The molecule has 4 aliphatic rings. The Kier molecular flexibility index (Phi) is 13.1. The maximum Gasteiger partial charge on any atom is 0.312 e. The van der Waals surface area contributed by atoms with Crippen molar-refractivity contribution < 1.29 is 42.2 Å². The van der Waals surface area contributed by atoms with Crippen molar-refractivity contribution in [2.45, 2.75) is 114 Å². The number of hydrogen-bond donors (Lipinski definition) is 5. The van der Waals surface area contributed by atoms with Gasteiger partial charge in [0.2, 0.25) is 5.82 Å². The lowest BCUT2D eigenvalue weighted by molar-refractivity contribution is -0.384. The van der Waals surface area contributed by atoms with Crippen LogP contribution in [0.15, 0.2) is 71.9 Å². The molecule has 17 nitrogen and oxygen atoms in total. The molecule has 3 aromatic heterocycles. The molecule has 2 saturated heterocycles. The molecule has 368 valence electrons. The van der Waals surface area contributed by atoms with E-state index in [4.69, 9.17) is 9.47 Å². The summed E-state index contributed by atoms with van der Waals surface area (Å²) >= 11 is 0. The molecular formula is C50H61FN8O9S. The first-order valence-corrected chi connectivity index (χ1v) is 25.4. The summed E-state index contributed by atoms with van der Waals surface area (Å²) in [6.45, 7) is 11.2. The third-order valence-corrected chi connectivity index (χ3v) is 16.1. The Morgan fingerprint density at radius 3 is 2.49 bits per heavy atom. The van der Waals surface area contributed by atoms with Crippen LogP contribution in [0.5, 0.6) is 17.4 Å².